The van der Waals surface area contributed by atoms with Crippen LogP contribution in [0.25, 0.3) is 11.3 Å². The molecule has 3 nitrogen and oxygen atoms in total. The van der Waals surface area contributed by atoms with Crippen LogP contribution in [0.2, 0.25) is 5.02 Å². The molecule has 2 rings (SSSR count). The Labute approximate surface area is 110 Å². The summed E-state index contributed by atoms with van der Waals surface area (Å²) in [5, 5.41) is 0.498. The van der Waals surface area contributed by atoms with E-state index in [1.54, 1.807) is 12.3 Å². The molecule has 5 heteroatoms. The van der Waals surface area contributed by atoms with Gasteiger partial charge in [-0.2, -0.15) is 0 Å². The molecule has 18 heavy (non-hydrogen) atoms. The molecule has 1 aromatic heterocycles. The van der Waals surface area contributed by atoms with Crippen molar-refractivity contribution in [2.45, 2.75) is 19.3 Å². The highest BCUT2D eigenvalue weighted by molar-refractivity contribution is 6.30. The molecule has 3 N–H and O–H groups in total. The Morgan fingerprint density at radius 2 is 2.28 bits per heavy atom. The molecule has 0 amide bonds. The number of hydrogen-bond donors (Lipinski definition) is 2. The Kier molecular flexibility index (Phi) is 3.99. The summed E-state index contributed by atoms with van der Waals surface area (Å²) in [6.45, 7) is 2.63. The van der Waals surface area contributed by atoms with Crippen LogP contribution in [0.1, 0.15) is 25.1 Å². The van der Waals surface area contributed by atoms with Crippen LogP contribution >= 0.6 is 11.6 Å². The molecule has 1 unspecified atom stereocenters. The maximum Gasteiger partial charge on any atom is 0.132 e. The number of rotatable bonds is 4. The standard InChI is InChI=1S/C13H15ClFN3/c1-8(4-5-16)13-17-7-12(18-13)10-6-9(14)2-3-11(10)15/h2-3,6-8H,4-5,16H2,1H3,(H,17,18). The lowest BCUT2D eigenvalue weighted by molar-refractivity contribution is 0.630. The molecule has 1 atom stereocenters. The minimum Gasteiger partial charge on any atom is -0.342 e. The Morgan fingerprint density at radius 3 is 3.00 bits per heavy atom. The second-order valence-corrected chi connectivity index (χ2v) is 4.72. The smallest absolute Gasteiger partial charge is 0.132 e. The van der Waals surface area contributed by atoms with E-state index >= 15 is 0 Å². The van der Waals surface area contributed by atoms with Gasteiger partial charge in [0.05, 0.1) is 11.9 Å². The Morgan fingerprint density at radius 1 is 1.50 bits per heavy atom. The number of halogens is 2. The van der Waals surface area contributed by atoms with E-state index < -0.39 is 0 Å². The first-order valence-corrected chi connectivity index (χ1v) is 6.20. The van der Waals surface area contributed by atoms with Gasteiger partial charge < -0.3 is 10.7 Å². The summed E-state index contributed by atoms with van der Waals surface area (Å²) >= 11 is 5.87. The molecule has 96 valence electrons. The number of aromatic nitrogens is 2. The Balaban J connectivity index is 2.32. The fraction of sp³-hybridized carbons (Fsp3) is 0.308. The van der Waals surface area contributed by atoms with Crippen molar-refractivity contribution in [1.29, 1.82) is 0 Å². The van der Waals surface area contributed by atoms with Crippen molar-refractivity contribution in [1.82, 2.24) is 9.97 Å². The van der Waals surface area contributed by atoms with Gasteiger partial charge in [0.2, 0.25) is 0 Å². The second kappa shape index (κ2) is 5.50. The molecule has 2 aromatic rings. The summed E-state index contributed by atoms with van der Waals surface area (Å²) < 4.78 is 13.7. The third-order valence-electron chi connectivity index (χ3n) is 2.88. The lowest BCUT2D eigenvalue weighted by Gasteiger charge is -2.06. The van der Waals surface area contributed by atoms with Gasteiger partial charge in [-0.3, -0.25) is 0 Å². The van der Waals surface area contributed by atoms with Gasteiger partial charge in [0.25, 0.3) is 0 Å². The summed E-state index contributed by atoms with van der Waals surface area (Å²) in [5.74, 6) is 0.724. The van der Waals surface area contributed by atoms with E-state index in [0.717, 1.165) is 12.2 Å². The lowest BCUT2D eigenvalue weighted by atomic mass is 10.1. The average Bonchev–Trinajstić information content (AvgIpc) is 2.82. The van der Waals surface area contributed by atoms with Crippen molar-refractivity contribution in [2.24, 2.45) is 5.73 Å². The normalized spacial score (nSPS) is 12.7. The highest BCUT2D eigenvalue weighted by atomic mass is 35.5. The number of nitrogens with two attached hydrogens (primary N) is 1. The van der Waals surface area contributed by atoms with E-state index in [9.17, 15) is 4.39 Å². The van der Waals surface area contributed by atoms with Crippen molar-refractivity contribution < 1.29 is 4.39 Å². The van der Waals surface area contributed by atoms with E-state index in [1.165, 1.54) is 12.1 Å². The van der Waals surface area contributed by atoms with Gasteiger partial charge in [0.15, 0.2) is 0 Å². The van der Waals surface area contributed by atoms with Gasteiger partial charge in [-0.05, 0) is 31.2 Å². The van der Waals surface area contributed by atoms with E-state index in [0.29, 0.717) is 22.8 Å². The van der Waals surface area contributed by atoms with Crippen LogP contribution in [0, 0.1) is 5.82 Å². The van der Waals surface area contributed by atoms with Crippen LogP contribution in [0.15, 0.2) is 24.4 Å². The number of nitrogens with zero attached hydrogens (tertiary/aromatic N) is 1. The van der Waals surface area contributed by atoms with Gasteiger partial charge in [-0.25, -0.2) is 9.37 Å². The number of nitrogens with one attached hydrogen (secondary N) is 1. The average molecular weight is 268 g/mol. The van der Waals surface area contributed by atoms with Crippen LogP contribution in [0.3, 0.4) is 0 Å². The number of imidazole rings is 1. The first-order chi connectivity index (χ1) is 8.61. The van der Waals surface area contributed by atoms with Crippen molar-refractivity contribution >= 4 is 11.6 Å². The summed E-state index contributed by atoms with van der Waals surface area (Å²) in [6.07, 6.45) is 2.46. The third-order valence-corrected chi connectivity index (χ3v) is 3.12. The number of hydrogen-bond acceptors (Lipinski definition) is 2. The van der Waals surface area contributed by atoms with E-state index in [-0.39, 0.29) is 11.7 Å². The highest BCUT2D eigenvalue weighted by Crippen LogP contribution is 2.26. The molecule has 0 saturated heterocycles. The van der Waals surface area contributed by atoms with Gasteiger partial charge in [-0.1, -0.05) is 18.5 Å². The van der Waals surface area contributed by atoms with Crippen molar-refractivity contribution in [3.05, 3.63) is 41.1 Å². The molecular formula is C13H15ClFN3. The van der Waals surface area contributed by atoms with Crippen molar-refractivity contribution in [2.75, 3.05) is 6.54 Å². The zero-order valence-electron chi connectivity index (χ0n) is 10.1. The summed E-state index contributed by atoms with van der Waals surface area (Å²) in [5.41, 5.74) is 6.57. The molecule has 0 aliphatic heterocycles. The molecule has 0 aliphatic carbocycles. The quantitative estimate of drug-likeness (QED) is 0.893. The first-order valence-electron chi connectivity index (χ1n) is 5.82. The van der Waals surface area contributed by atoms with Crippen molar-refractivity contribution in [3.8, 4) is 11.3 Å². The maximum absolute atomic E-state index is 13.7. The molecule has 0 bridgehead atoms. The maximum atomic E-state index is 13.7. The summed E-state index contributed by atoms with van der Waals surface area (Å²) in [6, 6.07) is 4.46. The van der Waals surface area contributed by atoms with Gasteiger partial charge in [-0.15, -0.1) is 0 Å². The zero-order chi connectivity index (χ0) is 13.1. The molecular weight excluding hydrogens is 253 g/mol. The van der Waals surface area contributed by atoms with Crippen LogP contribution < -0.4 is 5.73 Å². The number of aromatic amines is 1. The molecule has 0 radical (unpaired) electrons. The van der Waals surface area contributed by atoms with Crippen LogP contribution in [0.5, 0.6) is 0 Å². The van der Waals surface area contributed by atoms with Crippen molar-refractivity contribution in [3.63, 3.8) is 0 Å². The van der Waals surface area contributed by atoms with E-state index in [2.05, 4.69) is 9.97 Å². The predicted molar refractivity (Wildman–Crippen MR) is 71.1 cm³/mol. The largest absolute Gasteiger partial charge is 0.342 e. The summed E-state index contributed by atoms with van der Waals surface area (Å²) in [7, 11) is 0. The molecule has 1 aromatic carbocycles. The predicted octanol–water partition coefficient (Wildman–Crippen LogP) is 3.32. The Hall–Kier alpha value is -1.39. The van der Waals surface area contributed by atoms with Gasteiger partial charge in [0, 0.05) is 16.5 Å². The molecule has 1 heterocycles. The highest BCUT2D eigenvalue weighted by Gasteiger charge is 2.12. The number of benzene rings is 1. The first kappa shape index (κ1) is 13.1. The molecule has 0 spiro atoms. The van der Waals surface area contributed by atoms with Crippen LogP contribution in [-0.4, -0.2) is 16.5 Å². The third kappa shape index (κ3) is 2.71. The number of H-pyrrole nitrogens is 1. The minimum absolute atomic E-state index is 0.228. The second-order valence-electron chi connectivity index (χ2n) is 4.28. The monoisotopic (exact) mass is 267 g/mol. The minimum atomic E-state index is -0.318. The molecule has 0 saturated carbocycles. The van der Waals surface area contributed by atoms with E-state index in [1.807, 2.05) is 6.92 Å². The topological polar surface area (TPSA) is 54.7 Å². The molecule has 0 aliphatic rings. The van der Waals surface area contributed by atoms with Crippen LogP contribution in [0.4, 0.5) is 4.39 Å². The summed E-state index contributed by atoms with van der Waals surface area (Å²) in [4.78, 5) is 7.38. The van der Waals surface area contributed by atoms with E-state index in [4.69, 9.17) is 17.3 Å². The Bertz CT molecular complexity index is 539. The fourth-order valence-corrected chi connectivity index (χ4v) is 1.99. The van der Waals surface area contributed by atoms with Crippen LogP contribution in [-0.2, 0) is 0 Å². The lowest BCUT2D eigenvalue weighted by Crippen LogP contribution is -2.05. The SMILES string of the molecule is CC(CCN)c1ncc(-c2cc(Cl)ccc2F)[nH]1. The molecule has 0 fully saturated rings. The fourth-order valence-electron chi connectivity index (χ4n) is 1.81. The zero-order valence-corrected chi connectivity index (χ0v) is 10.8. The van der Waals surface area contributed by atoms with Gasteiger partial charge >= 0.3 is 0 Å². The van der Waals surface area contributed by atoms with Gasteiger partial charge in [0.1, 0.15) is 11.6 Å².